The third-order valence-electron chi connectivity index (χ3n) is 14.0. The Hall–Kier alpha value is -3.07. The van der Waals surface area contributed by atoms with Crippen LogP contribution in [0.15, 0.2) is 97.2 Å². The fourth-order valence-electron chi connectivity index (χ4n) is 9.00. The standard InChI is InChI=1S/C69H123N2O7P/c1-7-10-13-16-19-22-25-27-29-31-33-34-35-36-38-39-41-43-46-49-52-55-58-61-68(72)70-66(65-77-79(74,75)76-64-63-71(4,5)6)67(60-57-54-51-48-45-24-21-18-15-12-9-3)78-69(73)62-59-56-53-50-47-44-42-40-37-32-30-28-26-23-20-17-14-11-8-2/h11,14,19-20,22-23,27-30,37,40,44,47,57,60,66-67H,7-10,12-13,15-18,21,24-26,31-36,38-39,41-43,45-46,48-56,58-59,61-65H2,1-6H3,(H-,70,72,74,75)/p+1/b14-11-,22-19-,23-20-,29-27-,30-28-,40-37-,47-44-,60-57-. The molecule has 0 fully saturated rings. The molecule has 2 N–H and O–H groups in total. The number of phosphoric ester groups is 1. The Morgan fingerprint density at radius 2 is 0.810 bits per heavy atom. The van der Waals surface area contributed by atoms with Crippen molar-refractivity contribution in [3.8, 4) is 0 Å². The zero-order valence-corrected chi connectivity index (χ0v) is 53.0. The Morgan fingerprint density at radius 3 is 1.25 bits per heavy atom. The molecule has 0 aliphatic heterocycles. The van der Waals surface area contributed by atoms with Crippen LogP contribution in [0.25, 0.3) is 0 Å². The van der Waals surface area contributed by atoms with E-state index in [1.165, 1.54) is 141 Å². The van der Waals surface area contributed by atoms with Crippen LogP contribution in [0, 0.1) is 0 Å². The number of nitrogens with zero attached hydrogens (tertiary/aromatic N) is 1. The number of hydrogen-bond acceptors (Lipinski definition) is 6. The Bertz CT molecular complexity index is 1670. The number of carbonyl (C=O) groups excluding carboxylic acids is 2. The van der Waals surface area contributed by atoms with Crippen molar-refractivity contribution in [2.45, 2.75) is 290 Å². The minimum Gasteiger partial charge on any atom is -0.456 e. The third-order valence-corrected chi connectivity index (χ3v) is 15.0. The number of hydrogen-bond donors (Lipinski definition) is 2. The molecular formula is C69H124N2O7P+. The summed E-state index contributed by atoms with van der Waals surface area (Å²) in [6, 6.07) is -0.867. The highest BCUT2D eigenvalue weighted by Gasteiger charge is 2.30. The third kappa shape index (κ3) is 59.4. The van der Waals surface area contributed by atoms with Crippen molar-refractivity contribution in [1.82, 2.24) is 5.32 Å². The van der Waals surface area contributed by atoms with Crippen molar-refractivity contribution in [3.63, 3.8) is 0 Å². The summed E-state index contributed by atoms with van der Waals surface area (Å²) in [7, 11) is 1.47. The number of unbranched alkanes of at least 4 members (excludes halogenated alkanes) is 28. The van der Waals surface area contributed by atoms with Gasteiger partial charge in [0.05, 0.1) is 33.8 Å². The van der Waals surface area contributed by atoms with E-state index < -0.39 is 20.0 Å². The van der Waals surface area contributed by atoms with E-state index in [4.69, 9.17) is 13.8 Å². The highest BCUT2D eigenvalue weighted by Crippen LogP contribution is 2.43. The van der Waals surface area contributed by atoms with Crippen LogP contribution in [-0.2, 0) is 27.9 Å². The molecule has 1 amide bonds. The first kappa shape index (κ1) is 75.9. The maximum Gasteiger partial charge on any atom is 0.472 e. The van der Waals surface area contributed by atoms with Gasteiger partial charge in [-0.2, -0.15) is 0 Å². The van der Waals surface area contributed by atoms with Crippen molar-refractivity contribution in [2.24, 2.45) is 0 Å². The number of quaternary nitrogens is 1. The molecule has 456 valence electrons. The monoisotopic (exact) mass is 1120 g/mol. The predicted molar refractivity (Wildman–Crippen MR) is 341 cm³/mol. The van der Waals surface area contributed by atoms with E-state index >= 15 is 0 Å². The van der Waals surface area contributed by atoms with Crippen LogP contribution in [-0.4, -0.2) is 74.3 Å². The van der Waals surface area contributed by atoms with Crippen LogP contribution >= 0.6 is 7.82 Å². The van der Waals surface area contributed by atoms with Gasteiger partial charge >= 0.3 is 13.8 Å². The molecule has 0 saturated carbocycles. The average Bonchev–Trinajstić information content (AvgIpc) is 3.41. The van der Waals surface area contributed by atoms with Gasteiger partial charge in [0.15, 0.2) is 0 Å². The lowest BCUT2D eigenvalue weighted by Gasteiger charge is -2.27. The van der Waals surface area contributed by atoms with Crippen LogP contribution in [0.1, 0.15) is 278 Å². The summed E-state index contributed by atoms with van der Waals surface area (Å²) in [6.07, 6.45) is 78.4. The summed E-state index contributed by atoms with van der Waals surface area (Å²) in [5, 5.41) is 3.05. The summed E-state index contributed by atoms with van der Waals surface area (Å²) in [6.45, 7) is 6.85. The number of esters is 1. The molecule has 0 aromatic rings. The van der Waals surface area contributed by atoms with E-state index in [2.05, 4.69) is 111 Å². The fraction of sp³-hybridized carbons (Fsp3) is 0.739. The molecule has 0 aromatic heterocycles. The van der Waals surface area contributed by atoms with E-state index in [9.17, 15) is 19.0 Å². The van der Waals surface area contributed by atoms with Gasteiger partial charge in [0.25, 0.3) is 0 Å². The summed E-state index contributed by atoms with van der Waals surface area (Å²) in [5.74, 6) is -0.544. The Labute approximate surface area is 488 Å². The van der Waals surface area contributed by atoms with Gasteiger partial charge < -0.3 is 19.4 Å². The van der Waals surface area contributed by atoms with Gasteiger partial charge in [-0.1, -0.05) is 253 Å². The van der Waals surface area contributed by atoms with E-state index in [1.54, 1.807) is 0 Å². The highest BCUT2D eigenvalue weighted by atomic mass is 31.2. The second-order valence-electron chi connectivity index (χ2n) is 22.9. The highest BCUT2D eigenvalue weighted by molar-refractivity contribution is 7.47. The van der Waals surface area contributed by atoms with Gasteiger partial charge in [-0.15, -0.1) is 0 Å². The fourth-order valence-corrected chi connectivity index (χ4v) is 9.73. The molecule has 0 spiro atoms. The van der Waals surface area contributed by atoms with E-state index in [0.29, 0.717) is 23.9 Å². The van der Waals surface area contributed by atoms with Crippen molar-refractivity contribution in [2.75, 3.05) is 40.9 Å². The Kier molecular flexibility index (Phi) is 55.9. The van der Waals surface area contributed by atoms with Gasteiger partial charge in [-0.25, -0.2) is 4.57 Å². The maximum absolute atomic E-state index is 13.6. The van der Waals surface area contributed by atoms with Crippen molar-refractivity contribution in [1.29, 1.82) is 0 Å². The van der Waals surface area contributed by atoms with E-state index in [1.807, 2.05) is 33.3 Å². The smallest absolute Gasteiger partial charge is 0.456 e. The molecule has 0 bridgehead atoms. The number of phosphoric acid groups is 1. The number of likely N-dealkylation sites (N-methyl/N-ethyl adjacent to an activating group) is 1. The minimum absolute atomic E-state index is 0.0307. The first-order chi connectivity index (χ1) is 38.4. The summed E-state index contributed by atoms with van der Waals surface area (Å²) >= 11 is 0. The summed E-state index contributed by atoms with van der Waals surface area (Å²) in [4.78, 5) is 37.8. The van der Waals surface area contributed by atoms with Crippen LogP contribution in [0.3, 0.4) is 0 Å². The number of nitrogens with one attached hydrogen (secondary N) is 1. The molecule has 0 aliphatic carbocycles. The van der Waals surface area contributed by atoms with Crippen molar-refractivity contribution < 1.29 is 37.3 Å². The second kappa shape index (κ2) is 58.1. The average molecular weight is 1120 g/mol. The molecule has 10 heteroatoms. The van der Waals surface area contributed by atoms with Crippen LogP contribution in [0.4, 0.5) is 0 Å². The number of ether oxygens (including phenoxy) is 1. The first-order valence-electron chi connectivity index (χ1n) is 32.6. The molecule has 3 atom stereocenters. The zero-order valence-electron chi connectivity index (χ0n) is 52.1. The molecule has 0 saturated heterocycles. The topological polar surface area (TPSA) is 111 Å². The van der Waals surface area contributed by atoms with E-state index in [-0.39, 0.29) is 31.5 Å². The Balaban J connectivity index is 5.18. The zero-order chi connectivity index (χ0) is 57.9. The number of carbonyl (C=O) groups is 2. The van der Waals surface area contributed by atoms with Gasteiger partial charge in [0.2, 0.25) is 5.91 Å². The SMILES string of the molecule is CC/C=C\C/C=C\C/C=C\C/C=C\C/C=C\CCCCCC(=O)OC(/C=C\CCCCCCCCCCC)C(COP(=O)(O)OCC[N+](C)(C)C)NC(=O)CCCCCCCCCCCCCCC/C=C\C/C=C\CCCCC. The molecule has 0 radical (unpaired) electrons. The molecule has 79 heavy (non-hydrogen) atoms. The summed E-state index contributed by atoms with van der Waals surface area (Å²) < 4.78 is 30.7. The molecule has 0 heterocycles. The number of allylic oxidation sites excluding steroid dienone is 15. The summed E-state index contributed by atoms with van der Waals surface area (Å²) in [5.41, 5.74) is 0. The molecule has 0 aromatic carbocycles. The predicted octanol–water partition coefficient (Wildman–Crippen LogP) is 20.3. The normalized spacial score (nSPS) is 14.3. The molecule has 3 unspecified atom stereocenters. The van der Waals surface area contributed by atoms with Gasteiger partial charge in [0.1, 0.15) is 19.3 Å². The largest absolute Gasteiger partial charge is 0.472 e. The lowest BCUT2D eigenvalue weighted by molar-refractivity contribution is -0.870. The van der Waals surface area contributed by atoms with Gasteiger partial charge in [0, 0.05) is 12.8 Å². The quantitative estimate of drug-likeness (QED) is 0.0205. The number of amides is 1. The minimum atomic E-state index is -4.46. The molecular weight excluding hydrogens is 1000 g/mol. The molecule has 9 nitrogen and oxygen atoms in total. The van der Waals surface area contributed by atoms with Crippen LogP contribution in [0.5, 0.6) is 0 Å². The first-order valence-corrected chi connectivity index (χ1v) is 34.1. The van der Waals surface area contributed by atoms with Crippen LogP contribution < -0.4 is 5.32 Å². The second-order valence-corrected chi connectivity index (χ2v) is 24.4. The van der Waals surface area contributed by atoms with Crippen molar-refractivity contribution >= 4 is 19.7 Å². The lowest BCUT2D eigenvalue weighted by Crippen LogP contribution is -2.47. The lowest BCUT2D eigenvalue weighted by atomic mass is 10.0. The molecule has 0 rings (SSSR count). The van der Waals surface area contributed by atoms with Gasteiger partial charge in [-0.3, -0.25) is 18.6 Å². The molecule has 0 aliphatic rings. The van der Waals surface area contributed by atoms with Gasteiger partial charge in [-0.05, 0) is 109 Å². The Morgan fingerprint density at radius 1 is 0.456 bits per heavy atom. The van der Waals surface area contributed by atoms with Crippen molar-refractivity contribution in [3.05, 3.63) is 97.2 Å². The maximum atomic E-state index is 13.6. The van der Waals surface area contributed by atoms with E-state index in [0.717, 1.165) is 96.3 Å². The van der Waals surface area contributed by atoms with Crippen LogP contribution in [0.2, 0.25) is 0 Å². The number of rotatable bonds is 58.